The summed E-state index contributed by atoms with van der Waals surface area (Å²) in [6.45, 7) is 4.27. The SMILES string of the molecule is Cc1cc(/C=C2/SC(=O)N(Cc3cccc(Br)c3)C2=O)c(C)n1-c1ccc(Cl)cc1. The monoisotopic (exact) mass is 500 g/mol. The lowest BCUT2D eigenvalue weighted by Crippen LogP contribution is -2.27. The first-order valence-corrected chi connectivity index (χ1v) is 11.3. The van der Waals surface area contributed by atoms with Crippen LogP contribution in [0.2, 0.25) is 5.02 Å². The number of halogens is 2. The molecule has 0 unspecified atom stereocenters. The van der Waals surface area contributed by atoms with Crippen LogP contribution in [0.25, 0.3) is 11.8 Å². The van der Waals surface area contributed by atoms with E-state index < -0.39 is 0 Å². The maximum Gasteiger partial charge on any atom is 0.293 e. The fraction of sp³-hybridized carbons (Fsp3) is 0.130. The van der Waals surface area contributed by atoms with E-state index in [2.05, 4.69) is 20.5 Å². The number of aromatic nitrogens is 1. The molecule has 2 heterocycles. The van der Waals surface area contributed by atoms with Crippen LogP contribution < -0.4 is 0 Å². The summed E-state index contributed by atoms with van der Waals surface area (Å²) in [7, 11) is 0. The van der Waals surface area contributed by atoms with Gasteiger partial charge in [0.1, 0.15) is 0 Å². The summed E-state index contributed by atoms with van der Waals surface area (Å²) in [6, 6.07) is 17.2. The normalized spacial score (nSPS) is 15.5. The molecule has 4 nitrogen and oxygen atoms in total. The summed E-state index contributed by atoms with van der Waals surface area (Å²) < 4.78 is 3.02. The van der Waals surface area contributed by atoms with Crippen LogP contribution in [0.3, 0.4) is 0 Å². The van der Waals surface area contributed by atoms with Crippen LogP contribution in [0, 0.1) is 13.8 Å². The van der Waals surface area contributed by atoms with Gasteiger partial charge in [-0.3, -0.25) is 14.5 Å². The lowest BCUT2D eigenvalue weighted by molar-refractivity contribution is -0.123. The van der Waals surface area contributed by atoms with Crippen molar-refractivity contribution in [1.82, 2.24) is 9.47 Å². The number of carbonyl (C=O) groups is 2. The average Bonchev–Trinajstić information content (AvgIpc) is 3.13. The quantitative estimate of drug-likeness (QED) is 0.372. The van der Waals surface area contributed by atoms with E-state index in [1.807, 2.05) is 68.4 Å². The lowest BCUT2D eigenvalue weighted by Gasteiger charge is -2.12. The van der Waals surface area contributed by atoms with Gasteiger partial charge in [-0.1, -0.05) is 39.7 Å². The van der Waals surface area contributed by atoms with Gasteiger partial charge in [-0.25, -0.2) is 0 Å². The average molecular weight is 502 g/mol. The Balaban J connectivity index is 1.62. The van der Waals surface area contributed by atoms with Gasteiger partial charge < -0.3 is 4.57 Å². The molecular weight excluding hydrogens is 484 g/mol. The molecule has 1 fully saturated rings. The molecule has 3 aromatic rings. The highest BCUT2D eigenvalue weighted by atomic mass is 79.9. The summed E-state index contributed by atoms with van der Waals surface area (Å²) >= 11 is 10.4. The third-order valence-electron chi connectivity index (χ3n) is 4.95. The summed E-state index contributed by atoms with van der Waals surface area (Å²) in [5, 5.41) is 0.429. The Labute approximate surface area is 192 Å². The van der Waals surface area contributed by atoms with Crippen LogP contribution in [0.4, 0.5) is 4.79 Å². The van der Waals surface area contributed by atoms with Gasteiger partial charge in [0, 0.05) is 26.6 Å². The molecule has 152 valence electrons. The van der Waals surface area contributed by atoms with Crippen molar-refractivity contribution < 1.29 is 9.59 Å². The number of rotatable bonds is 4. The van der Waals surface area contributed by atoms with Gasteiger partial charge in [0.25, 0.3) is 11.1 Å². The Bertz CT molecular complexity index is 1180. The molecular formula is C23H18BrClN2O2S. The molecule has 30 heavy (non-hydrogen) atoms. The van der Waals surface area contributed by atoms with Crippen LogP contribution >= 0.6 is 39.3 Å². The van der Waals surface area contributed by atoms with E-state index in [1.54, 1.807) is 6.08 Å². The van der Waals surface area contributed by atoms with Crippen LogP contribution in [0.1, 0.15) is 22.5 Å². The van der Waals surface area contributed by atoms with Gasteiger partial charge in [-0.15, -0.1) is 0 Å². The summed E-state index contributed by atoms with van der Waals surface area (Å²) in [6.07, 6.45) is 1.81. The minimum Gasteiger partial charge on any atom is -0.318 e. The molecule has 1 aromatic heterocycles. The van der Waals surface area contributed by atoms with Crippen LogP contribution in [0.15, 0.2) is 64.0 Å². The first-order valence-electron chi connectivity index (χ1n) is 9.28. The van der Waals surface area contributed by atoms with Crippen LogP contribution in [0.5, 0.6) is 0 Å². The molecule has 1 saturated heterocycles. The Hall–Kier alpha value is -2.28. The van der Waals surface area contributed by atoms with E-state index in [0.29, 0.717) is 9.93 Å². The van der Waals surface area contributed by atoms with Crippen molar-refractivity contribution in [2.24, 2.45) is 0 Å². The molecule has 0 atom stereocenters. The van der Waals surface area contributed by atoms with Gasteiger partial charge in [0.2, 0.25) is 0 Å². The maximum atomic E-state index is 12.9. The molecule has 2 aromatic carbocycles. The van der Waals surface area contributed by atoms with Gasteiger partial charge in [-0.2, -0.15) is 0 Å². The number of thioether (sulfide) groups is 1. The standard InChI is InChI=1S/C23H18BrClN2O2S/c1-14-10-17(15(2)27(14)20-8-6-19(25)7-9-20)12-21-22(28)26(23(29)30-21)13-16-4-3-5-18(24)11-16/h3-12H,13H2,1-2H3/b21-12+. The molecule has 0 spiro atoms. The second-order valence-electron chi connectivity index (χ2n) is 7.04. The number of carbonyl (C=O) groups excluding carboxylic acids is 2. The summed E-state index contributed by atoms with van der Waals surface area (Å²) in [4.78, 5) is 27.1. The highest BCUT2D eigenvalue weighted by Crippen LogP contribution is 2.35. The largest absolute Gasteiger partial charge is 0.318 e. The van der Waals surface area contributed by atoms with Gasteiger partial charge in [0.15, 0.2) is 0 Å². The molecule has 0 saturated carbocycles. The predicted molar refractivity (Wildman–Crippen MR) is 126 cm³/mol. The third-order valence-corrected chi connectivity index (χ3v) is 6.60. The second-order valence-corrected chi connectivity index (χ2v) is 9.38. The highest BCUT2D eigenvalue weighted by molar-refractivity contribution is 9.10. The molecule has 1 aliphatic heterocycles. The first kappa shape index (κ1) is 21.0. The molecule has 0 radical (unpaired) electrons. The van der Waals surface area contributed by atoms with Crippen LogP contribution in [-0.4, -0.2) is 20.6 Å². The van der Waals surface area contributed by atoms with Crippen molar-refractivity contribution in [3.63, 3.8) is 0 Å². The van der Waals surface area contributed by atoms with Gasteiger partial charge >= 0.3 is 0 Å². The summed E-state index contributed by atoms with van der Waals surface area (Å²) in [5.41, 5.74) is 4.84. The maximum absolute atomic E-state index is 12.9. The van der Waals surface area contributed by atoms with Crippen molar-refractivity contribution in [2.45, 2.75) is 20.4 Å². The number of amides is 2. The number of benzene rings is 2. The van der Waals surface area contributed by atoms with Crippen molar-refractivity contribution in [2.75, 3.05) is 0 Å². The minimum absolute atomic E-state index is 0.252. The Morgan fingerprint density at radius 2 is 1.80 bits per heavy atom. The van der Waals surface area contributed by atoms with E-state index in [-0.39, 0.29) is 17.7 Å². The Morgan fingerprint density at radius 1 is 1.07 bits per heavy atom. The van der Waals surface area contributed by atoms with E-state index in [9.17, 15) is 9.59 Å². The fourth-order valence-corrected chi connectivity index (χ4v) is 4.92. The number of aryl methyl sites for hydroxylation is 1. The van der Waals surface area contributed by atoms with Crippen LogP contribution in [-0.2, 0) is 11.3 Å². The van der Waals surface area contributed by atoms with E-state index >= 15 is 0 Å². The van der Waals surface area contributed by atoms with Gasteiger partial charge in [-0.05, 0) is 85.3 Å². The Morgan fingerprint density at radius 3 is 2.50 bits per heavy atom. The van der Waals surface area contributed by atoms with Gasteiger partial charge in [0.05, 0.1) is 11.4 Å². The predicted octanol–water partition coefficient (Wildman–Crippen LogP) is 6.75. The molecule has 1 aliphatic rings. The summed E-state index contributed by atoms with van der Waals surface area (Å²) in [5.74, 6) is -0.263. The highest BCUT2D eigenvalue weighted by Gasteiger charge is 2.35. The van der Waals surface area contributed by atoms with Crippen molar-refractivity contribution in [1.29, 1.82) is 0 Å². The molecule has 2 amide bonds. The molecule has 7 heteroatoms. The smallest absolute Gasteiger partial charge is 0.293 e. The number of imide groups is 1. The third kappa shape index (κ3) is 4.13. The van der Waals surface area contributed by atoms with E-state index in [0.717, 1.165) is 44.4 Å². The van der Waals surface area contributed by atoms with E-state index in [1.165, 1.54) is 4.90 Å². The zero-order valence-electron chi connectivity index (χ0n) is 16.4. The minimum atomic E-state index is -0.263. The lowest BCUT2D eigenvalue weighted by atomic mass is 10.2. The topological polar surface area (TPSA) is 42.3 Å². The van der Waals surface area contributed by atoms with Crippen molar-refractivity contribution in [3.05, 3.63) is 91.5 Å². The molecule has 4 rings (SSSR count). The van der Waals surface area contributed by atoms with E-state index in [4.69, 9.17) is 11.6 Å². The molecule has 0 N–H and O–H groups in total. The zero-order chi connectivity index (χ0) is 21.4. The first-order chi connectivity index (χ1) is 14.3. The molecule has 0 bridgehead atoms. The fourth-order valence-electron chi connectivity index (χ4n) is 3.52. The number of nitrogens with zero attached hydrogens (tertiary/aromatic N) is 2. The molecule has 0 aliphatic carbocycles. The van der Waals surface area contributed by atoms with Crippen molar-refractivity contribution in [3.8, 4) is 5.69 Å². The number of hydrogen-bond acceptors (Lipinski definition) is 3. The zero-order valence-corrected chi connectivity index (χ0v) is 19.5. The Kier molecular flexibility index (Phi) is 5.91. The number of hydrogen-bond donors (Lipinski definition) is 0. The van der Waals surface area contributed by atoms with Crippen molar-refractivity contribution >= 4 is 56.5 Å². The second kappa shape index (κ2) is 8.46.